The Balaban J connectivity index is 2.85. The van der Waals surface area contributed by atoms with E-state index in [1.54, 1.807) is 13.3 Å². The quantitative estimate of drug-likeness (QED) is 0.744. The molecule has 0 fully saturated rings. The van der Waals surface area contributed by atoms with Crippen molar-refractivity contribution in [3.63, 3.8) is 0 Å². The lowest BCUT2D eigenvalue weighted by atomic mass is 9.99. The maximum atomic E-state index is 8.98. The number of hydrogen-bond acceptors (Lipinski definition) is 3. The highest BCUT2D eigenvalue weighted by Gasteiger charge is 2.21. The summed E-state index contributed by atoms with van der Waals surface area (Å²) < 4.78 is 1.81. The molecule has 0 radical (unpaired) electrons. The van der Waals surface area contributed by atoms with Crippen LogP contribution >= 0.6 is 11.6 Å². The number of aliphatic hydroxyl groups excluding tert-OH is 1. The lowest BCUT2D eigenvalue weighted by molar-refractivity contribution is 0.206. The van der Waals surface area contributed by atoms with Gasteiger partial charge in [0.25, 0.3) is 0 Å². The summed E-state index contributed by atoms with van der Waals surface area (Å²) in [6.45, 7) is 1.70. The van der Waals surface area contributed by atoms with Crippen LogP contribution in [0.2, 0.25) is 5.15 Å². The van der Waals surface area contributed by atoms with Crippen molar-refractivity contribution < 1.29 is 5.11 Å². The number of imidazole rings is 1. The summed E-state index contributed by atoms with van der Waals surface area (Å²) in [6, 6.07) is 0. The largest absolute Gasteiger partial charge is 0.394 e. The Hall–Kier alpha value is -0.580. The molecule has 0 saturated carbocycles. The van der Waals surface area contributed by atoms with Gasteiger partial charge < -0.3 is 15.4 Å². The summed E-state index contributed by atoms with van der Waals surface area (Å²) in [6.07, 6.45) is 2.14. The van der Waals surface area contributed by atoms with Crippen molar-refractivity contribution in [2.75, 3.05) is 6.61 Å². The first-order chi connectivity index (χ1) is 5.96. The van der Waals surface area contributed by atoms with E-state index < -0.39 is 5.54 Å². The number of halogens is 1. The van der Waals surface area contributed by atoms with Crippen LogP contribution in [0.1, 0.15) is 12.6 Å². The zero-order valence-corrected chi connectivity index (χ0v) is 8.54. The minimum atomic E-state index is -0.641. The van der Waals surface area contributed by atoms with Crippen molar-refractivity contribution in [1.29, 1.82) is 0 Å². The lowest BCUT2D eigenvalue weighted by Gasteiger charge is -2.21. The normalized spacial score (nSPS) is 15.8. The molecule has 0 aromatic carbocycles. The molecule has 1 aromatic heterocycles. The summed E-state index contributed by atoms with van der Waals surface area (Å²) in [4.78, 5) is 3.93. The maximum absolute atomic E-state index is 8.98. The molecule has 0 aliphatic rings. The number of hydrogen-bond donors (Lipinski definition) is 2. The van der Waals surface area contributed by atoms with E-state index in [9.17, 15) is 0 Å². The molecule has 1 heterocycles. The number of nitrogens with zero attached hydrogens (tertiary/aromatic N) is 2. The van der Waals surface area contributed by atoms with Gasteiger partial charge in [-0.15, -0.1) is 0 Å². The maximum Gasteiger partial charge on any atom is 0.150 e. The third kappa shape index (κ3) is 2.43. The summed E-state index contributed by atoms with van der Waals surface area (Å²) in [7, 11) is 1.85. The van der Waals surface area contributed by atoms with Crippen LogP contribution < -0.4 is 5.73 Å². The summed E-state index contributed by atoms with van der Waals surface area (Å²) in [5.74, 6) is 0. The molecular formula is C8H14ClN3O. The third-order valence-electron chi connectivity index (χ3n) is 1.94. The number of aromatic nitrogens is 2. The summed E-state index contributed by atoms with van der Waals surface area (Å²) in [5.41, 5.74) is 6.00. The first kappa shape index (κ1) is 10.5. The molecule has 0 amide bonds. The van der Waals surface area contributed by atoms with Crippen LogP contribution in [0.5, 0.6) is 0 Å². The van der Waals surface area contributed by atoms with Crippen LogP contribution in [-0.2, 0) is 13.5 Å². The molecule has 74 valence electrons. The monoisotopic (exact) mass is 203 g/mol. The summed E-state index contributed by atoms with van der Waals surface area (Å²) in [5, 5.41) is 9.43. The highest BCUT2D eigenvalue weighted by atomic mass is 35.5. The molecule has 0 aliphatic carbocycles. The molecule has 0 saturated heterocycles. The Bertz CT molecular complexity index is 276. The zero-order chi connectivity index (χ0) is 10.1. The van der Waals surface area contributed by atoms with Crippen molar-refractivity contribution >= 4 is 11.6 Å². The van der Waals surface area contributed by atoms with E-state index in [1.807, 2.05) is 11.6 Å². The van der Waals surface area contributed by atoms with E-state index in [0.717, 1.165) is 5.69 Å². The highest BCUT2D eigenvalue weighted by Crippen LogP contribution is 2.17. The molecule has 4 nitrogen and oxygen atoms in total. The number of rotatable bonds is 3. The van der Waals surface area contributed by atoms with Crippen molar-refractivity contribution in [1.82, 2.24) is 9.55 Å². The van der Waals surface area contributed by atoms with Gasteiger partial charge in [0, 0.05) is 19.0 Å². The minimum absolute atomic E-state index is 0.0749. The SMILES string of the molecule is Cn1cnc(Cl)c1CC(C)(N)CO. The van der Waals surface area contributed by atoms with Gasteiger partial charge in [0.2, 0.25) is 0 Å². The fourth-order valence-corrected chi connectivity index (χ4v) is 1.31. The van der Waals surface area contributed by atoms with E-state index in [0.29, 0.717) is 11.6 Å². The van der Waals surface area contributed by atoms with Crippen LogP contribution in [0.15, 0.2) is 6.33 Å². The van der Waals surface area contributed by atoms with Gasteiger partial charge in [-0.25, -0.2) is 4.98 Å². The van der Waals surface area contributed by atoms with Crippen molar-refractivity contribution in [3.8, 4) is 0 Å². The predicted octanol–water partition coefficient (Wildman–Crippen LogP) is 0.326. The standard InChI is InChI=1S/C8H14ClN3O/c1-8(10,4-13)3-6-7(9)11-5-12(6)2/h5,13H,3-4,10H2,1-2H3. The Labute approximate surface area is 82.3 Å². The van der Waals surface area contributed by atoms with Gasteiger partial charge in [-0.05, 0) is 6.92 Å². The molecule has 1 rings (SSSR count). The second-order valence-corrected chi connectivity index (χ2v) is 3.94. The molecule has 0 spiro atoms. The number of aliphatic hydroxyl groups is 1. The molecule has 0 bridgehead atoms. The van der Waals surface area contributed by atoms with Crippen LogP contribution in [0.4, 0.5) is 0 Å². The second-order valence-electron chi connectivity index (χ2n) is 3.58. The summed E-state index contributed by atoms with van der Waals surface area (Å²) >= 11 is 5.84. The molecular weight excluding hydrogens is 190 g/mol. The van der Waals surface area contributed by atoms with Gasteiger partial charge in [0.15, 0.2) is 0 Å². The van der Waals surface area contributed by atoms with Gasteiger partial charge in [0.1, 0.15) is 5.15 Å². The van der Waals surface area contributed by atoms with E-state index >= 15 is 0 Å². The van der Waals surface area contributed by atoms with E-state index in [4.69, 9.17) is 22.4 Å². The number of nitrogens with two attached hydrogens (primary N) is 1. The van der Waals surface area contributed by atoms with Gasteiger partial charge in [0.05, 0.1) is 18.6 Å². The van der Waals surface area contributed by atoms with Gasteiger partial charge in [-0.3, -0.25) is 0 Å². The van der Waals surface area contributed by atoms with Crippen LogP contribution in [0.25, 0.3) is 0 Å². The average molecular weight is 204 g/mol. The molecule has 5 heteroatoms. The average Bonchev–Trinajstić information content (AvgIpc) is 2.36. The molecule has 1 aromatic rings. The number of aryl methyl sites for hydroxylation is 1. The van der Waals surface area contributed by atoms with E-state index in [2.05, 4.69) is 4.98 Å². The Morgan fingerprint density at radius 2 is 2.38 bits per heavy atom. The predicted molar refractivity (Wildman–Crippen MR) is 51.6 cm³/mol. The van der Waals surface area contributed by atoms with Crippen molar-refractivity contribution in [2.45, 2.75) is 18.9 Å². The van der Waals surface area contributed by atoms with Crippen molar-refractivity contribution in [2.24, 2.45) is 12.8 Å². The Morgan fingerprint density at radius 1 is 1.77 bits per heavy atom. The molecule has 0 aliphatic heterocycles. The molecule has 1 atom stereocenters. The fraction of sp³-hybridized carbons (Fsp3) is 0.625. The Morgan fingerprint density at radius 3 is 2.77 bits per heavy atom. The van der Waals surface area contributed by atoms with E-state index in [-0.39, 0.29) is 6.61 Å². The first-order valence-corrected chi connectivity index (χ1v) is 4.39. The highest BCUT2D eigenvalue weighted by molar-refractivity contribution is 6.30. The van der Waals surface area contributed by atoms with Crippen molar-refractivity contribution in [3.05, 3.63) is 17.2 Å². The second kappa shape index (κ2) is 3.65. The Kier molecular flexibility index (Phi) is 2.95. The smallest absolute Gasteiger partial charge is 0.150 e. The van der Waals surface area contributed by atoms with Crippen LogP contribution in [-0.4, -0.2) is 26.8 Å². The van der Waals surface area contributed by atoms with E-state index in [1.165, 1.54) is 0 Å². The zero-order valence-electron chi connectivity index (χ0n) is 7.79. The van der Waals surface area contributed by atoms with Gasteiger partial charge in [-0.2, -0.15) is 0 Å². The van der Waals surface area contributed by atoms with Crippen LogP contribution in [0.3, 0.4) is 0 Å². The van der Waals surface area contributed by atoms with Crippen LogP contribution in [0, 0.1) is 0 Å². The first-order valence-electron chi connectivity index (χ1n) is 4.02. The molecule has 13 heavy (non-hydrogen) atoms. The minimum Gasteiger partial charge on any atom is -0.394 e. The lowest BCUT2D eigenvalue weighted by Crippen LogP contribution is -2.42. The van der Waals surface area contributed by atoms with Gasteiger partial charge >= 0.3 is 0 Å². The molecule has 3 N–H and O–H groups in total. The molecule has 1 unspecified atom stereocenters. The van der Waals surface area contributed by atoms with Gasteiger partial charge in [-0.1, -0.05) is 11.6 Å². The third-order valence-corrected chi connectivity index (χ3v) is 2.26. The topological polar surface area (TPSA) is 64.1 Å². The fourth-order valence-electron chi connectivity index (χ4n) is 1.06.